The molecule has 4 rings (SSSR count). The van der Waals surface area contributed by atoms with Gasteiger partial charge in [-0.2, -0.15) is 10.2 Å². The van der Waals surface area contributed by atoms with Gasteiger partial charge in [0.1, 0.15) is 0 Å². The fraction of sp³-hybridized carbons (Fsp3) is 0.417. The summed E-state index contributed by atoms with van der Waals surface area (Å²) >= 11 is 0. The average Bonchev–Trinajstić information content (AvgIpc) is 3.32. The molecular formula is C24H31N7O4S. The van der Waals surface area contributed by atoms with Crippen molar-refractivity contribution in [1.82, 2.24) is 33.4 Å². The number of hydrogen-bond acceptors (Lipinski definition) is 6. The van der Waals surface area contributed by atoms with E-state index in [9.17, 15) is 18.0 Å². The molecule has 0 saturated carbocycles. The standard InChI is InChI=1S/C24H31N7O4S/c1-16-11-18(29(6)26-16)9-10-30-21-8-7-19(36(34,35)27-24(2,3)4)12-20(21)22(32)31(23(30)33)15-17-13-25-28(5)14-17/h7-8,11-14,27H,9-10,15H2,1-6H3. The van der Waals surface area contributed by atoms with Gasteiger partial charge in [0.25, 0.3) is 5.56 Å². The number of sulfonamides is 1. The van der Waals surface area contributed by atoms with E-state index in [2.05, 4.69) is 14.9 Å². The van der Waals surface area contributed by atoms with Crippen molar-refractivity contribution in [3.8, 4) is 0 Å². The van der Waals surface area contributed by atoms with E-state index in [0.29, 0.717) is 17.5 Å². The number of aryl methyl sites for hydroxylation is 5. The molecule has 4 aromatic rings. The van der Waals surface area contributed by atoms with E-state index in [1.807, 2.05) is 20.0 Å². The Morgan fingerprint density at radius 3 is 2.36 bits per heavy atom. The number of hydrogen-bond donors (Lipinski definition) is 1. The summed E-state index contributed by atoms with van der Waals surface area (Å²) < 4.78 is 34.6. The second kappa shape index (κ2) is 9.17. The summed E-state index contributed by atoms with van der Waals surface area (Å²) in [7, 11) is -0.297. The maximum absolute atomic E-state index is 13.5. The molecule has 0 bridgehead atoms. The fourth-order valence-electron chi connectivity index (χ4n) is 4.25. The van der Waals surface area contributed by atoms with Gasteiger partial charge in [0.2, 0.25) is 10.0 Å². The van der Waals surface area contributed by atoms with Crippen LogP contribution in [-0.4, -0.2) is 42.7 Å². The molecule has 0 radical (unpaired) electrons. The first-order valence-electron chi connectivity index (χ1n) is 11.5. The molecule has 3 aromatic heterocycles. The van der Waals surface area contributed by atoms with Crippen LogP contribution in [0.3, 0.4) is 0 Å². The first-order valence-corrected chi connectivity index (χ1v) is 13.0. The van der Waals surface area contributed by atoms with Crippen LogP contribution in [0, 0.1) is 6.92 Å². The molecule has 36 heavy (non-hydrogen) atoms. The SMILES string of the molecule is Cc1cc(CCn2c(=O)n(Cc3cnn(C)c3)c(=O)c3cc(S(=O)(=O)NC(C)(C)C)ccc32)n(C)n1. The number of benzene rings is 1. The molecule has 0 saturated heterocycles. The zero-order valence-corrected chi connectivity index (χ0v) is 22.1. The summed E-state index contributed by atoms with van der Waals surface area (Å²) in [6.07, 6.45) is 3.82. The van der Waals surface area contributed by atoms with Crippen LogP contribution >= 0.6 is 0 Å². The molecule has 0 aliphatic heterocycles. The Morgan fingerprint density at radius 2 is 1.78 bits per heavy atom. The van der Waals surface area contributed by atoms with Crippen molar-refractivity contribution in [2.24, 2.45) is 14.1 Å². The van der Waals surface area contributed by atoms with Crippen molar-refractivity contribution in [3.63, 3.8) is 0 Å². The fourth-order valence-corrected chi connectivity index (χ4v) is 5.69. The van der Waals surface area contributed by atoms with Crippen molar-refractivity contribution < 1.29 is 8.42 Å². The molecule has 1 aromatic carbocycles. The lowest BCUT2D eigenvalue weighted by Crippen LogP contribution is -2.41. The Kier molecular flexibility index (Phi) is 6.52. The third kappa shape index (κ3) is 5.19. The minimum atomic E-state index is -3.89. The molecule has 0 atom stereocenters. The van der Waals surface area contributed by atoms with Crippen LogP contribution in [0.4, 0.5) is 0 Å². The third-order valence-electron chi connectivity index (χ3n) is 5.74. The normalized spacial score (nSPS) is 12.5. The van der Waals surface area contributed by atoms with Crippen LogP contribution in [0.25, 0.3) is 10.9 Å². The minimum Gasteiger partial charge on any atom is -0.293 e. The lowest BCUT2D eigenvalue weighted by Gasteiger charge is -2.21. The van der Waals surface area contributed by atoms with E-state index < -0.39 is 26.8 Å². The van der Waals surface area contributed by atoms with Gasteiger partial charge >= 0.3 is 5.69 Å². The molecule has 11 nitrogen and oxygen atoms in total. The molecule has 1 N–H and O–H groups in total. The summed E-state index contributed by atoms with van der Waals surface area (Å²) in [6.45, 7) is 7.42. The summed E-state index contributed by atoms with van der Waals surface area (Å²) in [5.74, 6) is 0. The highest BCUT2D eigenvalue weighted by atomic mass is 32.2. The highest BCUT2D eigenvalue weighted by Crippen LogP contribution is 2.18. The van der Waals surface area contributed by atoms with Gasteiger partial charge < -0.3 is 0 Å². The number of rotatable bonds is 7. The van der Waals surface area contributed by atoms with Gasteiger partial charge in [-0.25, -0.2) is 17.9 Å². The molecule has 192 valence electrons. The Balaban J connectivity index is 1.89. The van der Waals surface area contributed by atoms with Crippen LogP contribution in [-0.2, 0) is 43.6 Å². The number of nitrogens with one attached hydrogen (secondary N) is 1. The summed E-state index contributed by atoms with van der Waals surface area (Å²) in [5, 5.41) is 8.63. The van der Waals surface area contributed by atoms with Gasteiger partial charge in [0.05, 0.1) is 34.2 Å². The van der Waals surface area contributed by atoms with Gasteiger partial charge in [-0.15, -0.1) is 0 Å². The number of aromatic nitrogens is 6. The molecule has 0 fully saturated rings. The monoisotopic (exact) mass is 513 g/mol. The molecule has 0 unspecified atom stereocenters. The molecule has 0 aliphatic rings. The van der Waals surface area contributed by atoms with Crippen LogP contribution in [0.2, 0.25) is 0 Å². The van der Waals surface area contributed by atoms with E-state index in [0.717, 1.165) is 16.0 Å². The van der Waals surface area contributed by atoms with Crippen molar-refractivity contribution in [2.75, 3.05) is 0 Å². The summed E-state index contributed by atoms with van der Waals surface area (Å²) in [4.78, 5) is 27.0. The van der Waals surface area contributed by atoms with Crippen molar-refractivity contribution in [1.29, 1.82) is 0 Å². The third-order valence-corrected chi connectivity index (χ3v) is 7.49. The van der Waals surface area contributed by atoms with Crippen LogP contribution in [0.1, 0.15) is 37.7 Å². The van der Waals surface area contributed by atoms with E-state index in [1.165, 1.54) is 22.8 Å². The quantitative estimate of drug-likeness (QED) is 0.397. The average molecular weight is 514 g/mol. The Morgan fingerprint density at radius 1 is 1.06 bits per heavy atom. The second-order valence-corrected chi connectivity index (χ2v) is 11.7. The maximum atomic E-state index is 13.5. The van der Waals surface area contributed by atoms with Gasteiger partial charge in [0, 0.05) is 50.1 Å². The van der Waals surface area contributed by atoms with Gasteiger partial charge in [-0.05, 0) is 52.0 Å². The first-order chi connectivity index (χ1) is 16.7. The van der Waals surface area contributed by atoms with Gasteiger partial charge in [-0.1, -0.05) is 0 Å². The number of nitrogens with zero attached hydrogens (tertiary/aromatic N) is 6. The van der Waals surface area contributed by atoms with Crippen molar-refractivity contribution in [3.05, 3.63) is 74.4 Å². The zero-order valence-electron chi connectivity index (χ0n) is 21.3. The van der Waals surface area contributed by atoms with E-state index in [4.69, 9.17) is 0 Å². The van der Waals surface area contributed by atoms with Crippen LogP contribution in [0.15, 0.2) is 51.1 Å². The van der Waals surface area contributed by atoms with Crippen LogP contribution in [0.5, 0.6) is 0 Å². The van der Waals surface area contributed by atoms with Crippen molar-refractivity contribution >= 4 is 20.9 Å². The molecular weight excluding hydrogens is 482 g/mol. The van der Waals surface area contributed by atoms with E-state index >= 15 is 0 Å². The molecule has 12 heteroatoms. The van der Waals surface area contributed by atoms with Crippen molar-refractivity contribution in [2.45, 2.75) is 57.6 Å². The Hall–Kier alpha value is -3.51. The predicted octanol–water partition coefficient (Wildman–Crippen LogP) is 1.31. The minimum absolute atomic E-state index is 0.0173. The summed E-state index contributed by atoms with van der Waals surface area (Å²) in [6, 6.07) is 6.24. The predicted molar refractivity (Wildman–Crippen MR) is 137 cm³/mol. The van der Waals surface area contributed by atoms with Gasteiger partial charge in [-0.3, -0.25) is 23.3 Å². The summed E-state index contributed by atoms with van der Waals surface area (Å²) in [5.41, 5.74) is 1.13. The highest BCUT2D eigenvalue weighted by Gasteiger charge is 2.24. The maximum Gasteiger partial charge on any atom is 0.331 e. The van der Waals surface area contributed by atoms with E-state index in [-0.39, 0.29) is 23.4 Å². The first kappa shape index (κ1) is 25.6. The molecule has 0 spiro atoms. The number of fused-ring (bicyclic) bond motifs is 1. The second-order valence-electron chi connectivity index (χ2n) is 10.0. The molecule has 3 heterocycles. The lowest BCUT2D eigenvalue weighted by molar-refractivity contribution is 0.491. The zero-order chi connectivity index (χ0) is 26.4. The topological polar surface area (TPSA) is 126 Å². The Bertz CT molecular complexity index is 1670. The highest BCUT2D eigenvalue weighted by molar-refractivity contribution is 7.89. The molecule has 0 amide bonds. The Labute approximate surface area is 209 Å². The smallest absolute Gasteiger partial charge is 0.293 e. The van der Waals surface area contributed by atoms with Crippen LogP contribution < -0.4 is 16.0 Å². The van der Waals surface area contributed by atoms with Gasteiger partial charge in [0.15, 0.2) is 0 Å². The molecule has 0 aliphatic carbocycles. The van der Waals surface area contributed by atoms with E-state index in [1.54, 1.807) is 49.6 Å². The lowest BCUT2D eigenvalue weighted by atomic mass is 10.1. The largest absolute Gasteiger partial charge is 0.331 e.